The van der Waals surface area contributed by atoms with Crippen LogP contribution < -0.4 is 4.74 Å². The number of benzene rings is 1. The molecular formula is C10H12BrClO3. The van der Waals surface area contributed by atoms with Crippen molar-refractivity contribution in [3.05, 3.63) is 28.8 Å². The highest BCUT2D eigenvalue weighted by molar-refractivity contribution is 9.09. The van der Waals surface area contributed by atoms with Crippen molar-refractivity contribution in [1.29, 1.82) is 0 Å². The van der Waals surface area contributed by atoms with Crippen molar-refractivity contribution in [2.24, 2.45) is 0 Å². The highest BCUT2D eigenvalue weighted by atomic mass is 79.9. The first-order valence-corrected chi connectivity index (χ1v) is 5.86. The average Bonchev–Trinajstić information content (AvgIpc) is 2.27. The molecule has 5 heteroatoms. The Morgan fingerprint density at radius 2 is 2.13 bits per heavy atom. The summed E-state index contributed by atoms with van der Waals surface area (Å²) in [5.41, 5.74) is 0.461. The molecule has 0 radical (unpaired) electrons. The van der Waals surface area contributed by atoms with Crippen molar-refractivity contribution in [1.82, 2.24) is 0 Å². The second-order valence-corrected chi connectivity index (χ2v) is 4.06. The normalized spacial score (nSPS) is 14.7. The lowest BCUT2D eigenvalue weighted by Crippen LogP contribution is -2.19. The number of halogens is 2. The maximum Gasteiger partial charge on any atom is 0.137 e. The molecule has 0 saturated heterocycles. The van der Waals surface area contributed by atoms with Crippen LogP contribution in [0.1, 0.15) is 11.7 Å². The summed E-state index contributed by atoms with van der Waals surface area (Å²) in [5.74, 6) is 0.481. The van der Waals surface area contributed by atoms with Gasteiger partial charge in [-0.25, -0.2) is 0 Å². The molecule has 0 heterocycles. The van der Waals surface area contributed by atoms with Crippen molar-refractivity contribution in [3.8, 4) is 5.75 Å². The van der Waals surface area contributed by atoms with Crippen LogP contribution in [0.25, 0.3) is 0 Å². The minimum absolute atomic E-state index is 0.279. The lowest BCUT2D eigenvalue weighted by Gasteiger charge is -2.18. The predicted octanol–water partition coefficient (Wildman–Crippen LogP) is 2.14. The van der Waals surface area contributed by atoms with Crippen LogP contribution in [0.3, 0.4) is 0 Å². The third-order valence-electron chi connectivity index (χ3n) is 2.05. The van der Waals surface area contributed by atoms with E-state index < -0.39 is 12.2 Å². The summed E-state index contributed by atoms with van der Waals surface area (Å²) in [5, 5.41) is 19.8. The number of aliphatic hydroxyl groups is 2. The molecule has 0 aliphatic heterocycles. The first-order chi connectivity index (χ1) is 7.11. The van der Waals surface area contributed by atoms with E-state index in [0.717, 1.165) is 0 Å². The number of hydrogen-bond acceptors (Lipinski definition) is 3. The van der Waals surface area contributed by atoms with E-state index in [-0.39, 0.29) is 5.33 Å². The Balaban J connectivity index is 3.03. The number of rotatable bonds is 4. The number of aliphatic hydroxyl groups excluding tert-OH is 2. The van der Waals surface area contributed by atoms with E-state index in [0.29, 0.717) is 16.3 Å². The van der Waals surface area contributed by atoms with Gasteiger partial charge in [-0.2, -0.15) is 0 Å². The highest BCUT2D eigenvalue weighted by Crippen LogP contribution is 2.33. The summed E-state index contributed by atoms with van der Waals surface area (Å²) < 4.78 is 5.01. The SMILES string of the molecule is COc1cccc(C(O)C(O)CBr)c1Cl. The van der Waals surface area contributed by atoms with Gasteiger partial charge in [-0.3, -0.25) is 0 Å². The number of ether oxygens (including phenoxy) is 1. The monoisotopic (exact) mass is 294 g/mol. The van der Waals surface area contributed by atoms with Crippen molar-refractivity contribution in [3.63, 3.8) is 0 Å². The molecule has 0 aliphatic rings. The van der Waals surface area contributed by atoms with Crippen molar-refractivity contribution < 1.29 is 14.9 Å². The van der Waals surface area contributed by atoms with Gasteiger partial charge in [-0.05, 0) is 6.07 Å². The fourth-order valence-corrected chi connectivity index (χ4v) is 1.87. The van der Waals surface area contributed by atoms with E-state index in [9.17, 15) is 10.2 Å². The molecule has 2 atom stereocenters. The van der Waals surface area contributed by atoms with Gasteiger partial charge in [0.25, 0.3) is 0 Å². The van der Waals surface area contributed by atoms with Gasteiger partial charge in [-0.15, -0.1) is 0 Å². The van der Waals surface area contributed by atoms with Crippen LogP contribution in [0.2, 0.25) is 5.02 Å². The molecule has 0 amide bonds. The molecule has 0 saturated carbocycles. The molecule has 0 aromatic heterocycles. The van der Waals surface area contributed by atoms with Crippen LogP contribution in [0.5, 0.6) is 5.75 Å². The molecular weight excluding hydrogens is 283 g/mol. The quantitative estimate of drug-likeness (QED) is 0.837. The summed E-state index contributed by atoms with van der Waals surface area (Å²) >= 11 is 9.08. The Labute approximate surface area is 102 Å². The van der Waals surface area contributed by atoms with Crippen molar-refractivity contribution in [2.45, 2.75) is 12.2 Å². The van der Waals surface area contributed by atoms with E-state index in [4.69, 9.17) is 16.3 Å². The first kappa shape index (κ1) is 12.8. The largest absolute Gasteiger partial charge is 0.495 e. The molecule has 0 aliphatic carbocycles. The highest BCUT2D eigenvalue weighted by Gasteiger charge is 2.21. The van der Waals surface area contributed by atoms with Gasteiger partial charge in [0.05, 0.1) is 18.2 Å². The van der Waals surface area contributed by atoms with Crippen LogP contribution in [-0.2, 0) is 0 Å². The van der Waals surface area contributed by atoms with Gasteiger partial charge in [0.1, 0.15) is 11.9 Å². The zero-order chi connectivity index (χ0) is 11.4. The summed E-state index contributed by atoms with van der Waals surface area (Å²) in [4.78, 5) is 0. The Bertz CT molecular complexity index is 332. The standard InChI is InChI=1S/C10H12BrClO3/c1-15-8-4-2-3-6(9(8)12)10(14)7(13)5-11/h2-4,7,10,13-14H,5H2,1H3. The molecule has 2 N–H and O–H groups in total. The zero-order valence-corrected chi connectivity index (χ0v) is 10.5. The summed E-state index contributed by atoms with van der Waals surface area (Å²) in [7, 11) is 1.50. The van der Waals surface area contributed by atoms with E-state index in [1.54, 1.807) is 18.2 Å². The summed E-state index contributed by atoms with van der Waals surface area (Å²) in [6, 6.07) is 5.06. The first-order valence-electron chi connectivity index (χ1n) is 4.36. The third-order valence-corrected chi connectivity index (χ3v) is 3.12. The van der Waals surface area contributed by atoms with Gasteiger partial charge >= 0.3 is 0 Å². The van der Waals surface area contributed by atoms with Crippen LogP contribution >= 0.6 is 27.5 Å². The summed E-state index contributed by atoms with van der Waals surface area (Å²) in [6.45, 7) is 0. The van der Waals surface area contributed by atoms with Gasteiger partial charge < -0.3 is 14.9 Å². The maximum atomic E-state index is 9.77. The molecule has 0 bridgehead atoms. The lowest BCUT2D eigenvalue weighted by molar-refractivity contribution is 0.0342. The lowest BCUT2D eigenvalue weighted by atomic mass is 10.1. The molecule has 0 spiro atoms. The molecule has 3 nitrogen and oxygen atoms in total. The van der Waals surface area contributed by atoms with Gasteiger partial charge in [0.2, 0.25) is 0 Å². The second-order valence-electron chi connectivity index (χ2n) is 3.03. The number of methoxy groups -OCH3 is 1. The third kappa shape index (κ3) is 2.84. The van der Waals surface area contributed by atoms with Crippen LogP contribution in [0.4, 0.5) is 0 Å². The van der Waals surface area contributed by atoms with Gasteiger partial charge in [0, 0.05) is 10.9 Å². The minimum Gasteiger partial charge on any atom is -0.495 e. The summed E-state index contributed by atoms with van der Waals surface area (Å²) in [6.07, 6.45) is -1.92. The molecule has 15 heavy (non-hydrogen) atoms. The molecule has 84 valence electrons. The average molecular weight is 296 g/mol. The van der Waals surface area contributed by atoms with Gasteiger partial charge in [0.15, 0.2) is 0 Å². The van der Waals surface area contributed by atoms with E-state index in [1.807, 2.05) is 0 Å². The topological polar surface area (TPSA) is 49.7 Å². The fourth-order valence-electron chi connectivity index (χ4n) is 1.21. The Kier molecular flexibility index (Phi) is 4.86. The van der Waals surface area contributed by atoms with Crippen molar-refractivity contribution >= 4 is 27.5 Å². The number of alkyl halides is 1. The van der Waals surface area contributed by atoms with Crippen molar-refractivity contribution in [2.75, 3.05) is 12.4 Å². The zero-order valence-electron chi connectivity index (χ0n) is 8.15. The van der Waals surface area contributed by atoms with Gasteiger partial charge in [-0.1, -0.05) is 39.7 Å². The molecule has 1 rings (SSSR count). The Hall–Kier alpha value is -0.290. The smallest absolute Gasteiger partial charge is 0.137 e. The van der Waals surface area contributed by atoms with E-state index in [2.05, 4.69) is 15.9 Å². The molecule has 0 fully saturated rings. The minimum atomic E-state index is -1.02. The van der Waals surface area contributed by atoms with E-state index in [1.165, 1.54) is 7.11 Å². The molecule has 1 aromatic rings. The maximum absolute atomic E-state index is 9.77. The second kappa shape index (κ2) is 5.70. The Morgan fingerprint density at radius 1 is 1.47 bits per heavy atom. The fraction of sp³-hybridized carbons (Fsp3) is 0.400. The molecule has 1 aromatic carbocycles. The molecule has 2 unspecified atom stereocenters. The van der Waals surface area contributed by atoms with E-state index >= 15 is 0 Å². The van der Waals surface area contributed by atoms with Crippen LogP contribution in [0.15, 0.2) is 18.2 Å². The number of hydrogen-bond donors (Lipinski definition) is 2. The predicted molar refractivity (Wildman–Crippen MR) is 62.8 cm³/mol. The van der Waals surface area contributed by atoms with Crippen LogP contribution in [-0.4, -0.2) is 28.8 Å². The Morgan fingerprint density at radius 3 is 2.67 bits per heavy atom. The van der Waals surface area contributed by atoms with Crippen LogP contribution in [0, 0.1) is 0 Å².